The van der Waals surface area contributed by atoms with Gasteiger partial charge in [-0.3, -0.25) is 14.6 Å². The highest BCUT2D eigenvalue weighted by molar-refractivity contribution is 7.71. The summed E-state index contributed by atoms with van der Waals surface area (Å²) in [6.45, 7) is 4.45. The van der Waals surface area contributed by atoms with Gasteiger partial charge in [-0.1, -0.05) is 18.0 Å². The third-order valence-electron chi connectivity index (χ3n) is 4.10. The molecule has 1 fully saturated rings. The Morgan fingerprint density at radius 2 is 1.86 bits per heavy atom. The Balaban J connectivity index is 1.96. The summed E-state index contributed by atoms with van der Waals surface area (Å²) in [5, 5.41) is 8.11. The van der Waals surface area contributed by atoms with Gasteiger partial charge >= 0.3 is 0 Å². The molecule has 0 radical (unpaired) electrons. The molecule has 6 heteroatoms. The fourth-order valence-electron chi connectivity index (χ4n) is 2.90. The van der Waals surface area contributed by atoms with Crippen molar-refractivity contribution in [1.82, 2.24) is 19.7 Å². The molecule has 1 aliphatic rings. The quantitative estimate of drug-likeness (QED) is 0.863. The molecule has 1 N–H and O–H groups in total. The van der Waals surface area contributed by atoms with Crippen molar-refractivity contribution in [1.29, 1.82) is 0 Å². The number of hydrogen-bond acceptors (Lipinski definition) is 3. The number of aromatic nitrogens is 3. The van der Waals surface area contributed by atoms with Crippen molar-refractivity contribution in [3.8, 4) is 5.69 Å². The number of H-pyrrole nitrogens is 1. The van der Waals surface area contributed by atoms with Gasteiger partial charge in [0.2, 0.25) is 0 Å². The first-order chi connectivity index (χ1) is 10.2. The number of hydrogen-bond donors (Lipinski definition) is 1. The number of likely N-dealkylation sites (tertiary alicyclic amines) is 1. The van der Waals surface area contributed by atoms with E-state index < -0.39 is 0 Å². The molecular weight excluding hydrogens is 304 g/mol. The van der Waals surface area contributed by atoms with Crippen molar-refractivity contribution < 1.29 is 0 Å². The maximum absolute atomic E-state index is 5.97. The second-order valence-corrected chi connectivity index (χ2v) is 6.29. The van der Waals surface area contributed by atoms with Crippen molar-refractivity contribution in [2.45, 2.75) is 32.2 Å². The van der Waals surface area contributed by atoms with E-state index in [1.54, 1.807) is 0 Å². The second kappa shape index (κ2) is 6.30. The molecule has 3 rings (SSSR count). The Labute approximate surface area is 134 Å². The normalized spacial score (nSPS) is 17.8. The van der Waals surface area contributed by atoms with Gasteiger partial charge in [0.1, 0.15) is 0 Å². The second-order valence-electron chi connectivity index (χ2n) is 5.47. The first-order valence-electron chi connectivity index (χ1n) is 7.34. The number of benzene rings is 1. The molecule has 1 aromatic heterocycles. The van der Waals surface area contributed by atoms with Crippen LogP contribution in [0, 0.1) is 4.77 Å². The van der Waals surface area contributed by atoms with Gasteiger partial charge in [0.05, 0.1) is 6.04 Å². The number of rotatable bonds is 3. The highest BCUT2D eigenvalue weighted by atomic mass is 35.5. The van der Waals surface area contributed by atoms with E-state index in [-0.39, 0.29) is 6.04 Å². The van der Waals surface area contributed by atoms with E-state index in [2.05, 4.69) is 22.0 Å². The van der Waals surface area contributed by atoms with Crippen molar-refractivity contribution >= 4 is 23.8 Å². The van der Waals surface area contributed by atoms with E-state index in [1.807, 2.05) is 28.8 Å². The minimum absolute atomic E-state index is 0.244. The number of halogens is 1. The lowest BCUT2D eigenvalue weighted by Crippen LogP contribution is -2.33. The molecule has 1 aromatic carbocycles. The molecule has 4 nitrogen and oxygen atoms in total. The molecule has 21 heavy (non-hydrogen) atoms. The summed E-state index contributed by atoms with van der Waals surface area (Å²) < 4.78 is 2.63. The summed E-state index contributed by atoms with van der Waals surface area (Å²) >= 11 is 11.4. The van der Waals surface area contributed by atoms with E-state index >= 15 is 0 Å². The Kier molecular flexibility index (Phi) is 4.42. The minimum atomic E-state index is 0.244. The van der Waals surface area contributed by atoms with Crippen molar-refractivity contribution in [2.24, 2.45) is 0 Å². The van der Waals surface area contributed by atoms with Crippen LogP contribution in [-0.2, 0) is 0 Å². The first kappa shape index (κ1) is 14.8. The summed E-state index contributed by atoms with van der Waals surface area (Å²) in [6, 6.07) is 7.94. The summed E-state index contributed by atoms with van der Waals surface area (Å²) in [4.78, 5) is 2.47. The number of nitrogens with zero attached hydrogens (tertiary/aromatic N) is 3. The van der Waals surface area contributed by atoms with E-state index in [0.29, 0.717) is 4.77 Å². The highest BCUT2D eigenvalue weighted by Crippen LogP contribution is 2.25. The number of aromatic amines is 1. The van der Waals surface area contributed by atoms with Crippen molar-refractivity contribution in [3.05, 3.63) is 39.9 Å². The molecule has 0 amide bonds. The Morgan fingerprint density at radius 1 is 1.19 bits per heavy atom. The smallest absolute Gasteiger partial charge is 0.199 e. The lowest BCUT2D eigenvalue weighted by atomic mass is 10.1. The molecule has 0 saturated carbocycles. The van der Waals surface area contributed by atoms with E-state index in [4.69, 9.17) is 23.8 Å². The van der Waals surface area contributed by atoms with E-state index in [0.717, 1.165) is 29.6 Å². The third kappa shape index (κ3) is 3.05. The van der Waals surface area contributed by atoms with Crippen LogP contribution in [0.5, 0.6) is 0 Å². The monoisotopic (exact) mass is 322 g/mol. The van der Waals surface area contributed by atoms with Gasteiger partial charge in [-0.25, -0.2) is 0 Å². The molecule has 0 bridgehead atoms. The van der Waals surface area contributed by atoms with Crippen LogP contribution in [0.1, 0.15) is 38.1 Å². The molecule has 1 aliphatic heterocycles. The number of piperidine rings is 1. The zero-order valence-electron chi connectivity index (χ0n) is 12.1. The minimum Gasteiger partial charge on any atom is -0.294 e. The number of nitrogens with one attached hydrogen (secondary N) is 1. The molecule has 0 aliphatic carbocycles. The topological polar surface area (TPSA) is 36.9 Å². The van der Waals surface area contributed by atoms with E-state index in [1.165, 1.54) is 19.3 Å². The van der Waals surface area contributed by atoms with Crippen molar-refractivity contribution in [2.75, 3.05) is 13.1 Å². The van der Waals surface area contributed by atoms with Crippen LogP contribution in [0.4, 0.5) is 0 Å². The maximum Gasteiger partial charge on any atom is 0.199 e. The predicted octanol–water partition coefficient (Wildman–Crippen LogP) is 4.13. The largest absolute Gasteiger partial charge is 0.294 e. The van der Waals surface area contributed by atoms with Crippen LogP contribution in [-0.4, -0.2) is 32.8 Å². The standard InChI is InChI=1S/C15H19ClN4S/c1-11(19-9-3-2-4-10-19)14-17-18-15(21)20(14)13-7-5-12(16)6-8-13/h5-8,11H,2-4,9-10H2,1H3,(H,18,21)/t11-/m1/s1. The lowest BCUT2D eigenvalue weighted by molar-refractivity contribution is 0.167. The summed E-state index contributed by atoms with van der Waals surface area (Å²) in [7, 11) is 0. The molecule has 1 saturated heterocycles. The molecule has 1 atom stereocenters. The summed E-state index contributed by atoms with van der Waals surface area (Å²) in [5.74, 6) is 0.962. The fourth-order valence-corrected chi connectivity index (χ4v) is 3.27. The Bertz CT molecular complexity index is 655. The van der Waals surface area contributed by atoms with Gasteiger partial charge in [0.15, 0.2) is 10.6 Å². The first-order valence-corrected chi connectivity index (χ1v) is 8.13. The maximum atomic E-state index is 5.97. The average molecular weight is 323 g/mol. The van der Waals surface area contributed by atoms with Crippen LogP contribution in [0.2, 0.25) is 5.02 Å². The van der Waals surface area contributed by atoms with E-state index in [9.17, 15) is 0 Å². The average Bonchev–Trinajstić information content (AvgIpc) is 2.90. The molecule has 2 heterocycles. The summed E-state index contributed by atoms with van der Waals surface area (Å²) in [6.07, 6.45) is 3.85. The Hall–Kier alpha value is -1.17. The van der Waals surface area contributed by atoms with Gasteiger partial charge in [-0.05, 0) is 69.3 Å². The Morgan fingerprint density at radius 3 is 2.52 bits per heavy atom. The molecule has 2 aromatic rings. The molecular formula is C15H19ClN4S. The van der Waals surface area contributed by atoms with Crippen LogP contribution in [0.25, 0.3) is 5.69 Å². The lowest BCUT2D eigenvalue weighted by Gasteiger charge is -2.31. The van der Waals surface area contributed by atoms with Crippen LogP contribution in [0.15, 0.2) is 24.3 Å². The zero-order chi connectivity index (χ0) is 14.8. The van der Waals surface area contributed by atoms with Gasteiger partial charge in [-0.15, -0.1) is 0 Å². The van der Waals surface area contributed by atoms with Gasteiger partial charge in [-0.2, -0.15) is 5.10 Å². The predicted molar refractivity (Wildman–Crippen MR) is 87.6 cm³/mol. The van der Waals surface area contributed by atoms with Crippen LogP contribution in [0.3, 0.4) is 0 Å². The van der Waals surface area contributed by atoms with Gasteiger partial charge in [0.25, 0.3) is 0 Å². The molecule has 0 spiro atoms. The van der Waals surface area contributed by atoms with Gasteiger partial charge in [0, 0.05) is 10.7 Å². The van der Waals surface area contributed by atoms with Crippen LogP contribution < -0.4 is 0 Å². The van der Waals surface area contributed by atoms with Crippen molar-refractivity contribution in [3.63, 3.8) is 0 Å². The molecule has 0 unspecified atom stereocenters. The summed E-state index contributed by atoms with van der Waals surface area (Å²) in [5.41, 5.74) is 0.997. The van der Waals surface area contributed by atoms with Gasteiger partial charge < -0.3 is 0 Å². The SMILES string of the molecule is C[C@H](c1n[nH]c(=S)n1-c1ccc(Cl)cc1)N1CCCCC1. The highest BCUT2D eigenvalue weighted by Gasteiger charge is 2.23. The third-order valence-corrected chi connectivity index (χ3v) is 4.62. The fraction of sp³-hybridized carbons (Fsp3) is 0.467. The van der Waals surface area contributed by atoms with Crippen LogP contribution >= 0.6 is 23.8 Å². The zero-order valence-corrected chi connectivity index (χ0v) is 13.6. The molecule has 112 valence electrons.